The van der Waals surface area contributed by atoms with Crippen LogP contribution in [0.15, 0.2) is 67.5 Å². The van der Waals surface area contributed by atoms with Gasteiger partial charge in [0.2, 0.25) is 17.5 Å². The maximum Gasteiger partial charge on any atom is 0.245 e. The number of carbonyl (C=O) groups excluding carboxylic acids is 2. The number of aromatic nitrogens is 3. The molecule has 0 saturated carbocycles. The Bertz CT molecular complexity index is 1660. The Hall–Kier alpha value is -4.97. The number of rotatable bonds is 6. The molecule has 6 rings (SSSR count). The number of likely N-dealkylation sites (tertiary alicyclic amines) is 1. The Labute approximate surface area is 225 Å². The summed E-state index contributed by atoms with van der Waals surface area (Å²) in [7, 11) is 0. The minimum atomic E-state index is -0.333. The summed E-state index contributed by atoms with van der Waals surface area (Å²) in [6, 6.07) is 13.2. The average molecular weight is 519 g/mol. The number of nitrogens with one attached hydrogen (secondary N) is 1. The van der Waals surface area contributed by atoms with Gasteiger partial charge in [0.15, 0.2) is 0 Å². The topological polar surface area (TPSA) is 95.8 Å². The van der Waals surface area contributed by atoms with Gasteiger partial charge in [-0.1, -0.05) is 18.7 Å². The number of amides is 2. The first-order valence-corrected chi connectivity index (χ1v) is 12.6. The highest BCUT2D eigenvalue weighted by Crippen LogP contribution is 2.49. The zero-order valence-electron chi connectivity index (χ0n) is 21.5. The number of nitrogens with zero attached hydrogens (tertiary/aromatic N) is 5. The van der Waals surface area contributed by atoms with Gasteiger partial charge >= 0.3 is 0 Å². The largest absolute Gasteiger partial charge is 0.487 e. The molecular formula is C30H26N6O3. The lowest BCUT2D eigenvalue weighted by Gasteiger charge is -2.47. The predicted molar refractivity (Wildman–Crippen MR) is 147 cm³/mol. The monoisotopic (exact) mass is 518 g/mol. The van der Waals surface area contributed by atoms with Crippen LogP contribution in [0.5, 0.6) is 5.75 Å². The van der Waals surface area contributed by atoms with Crippen molar-refractivity contribution in [1.29, 1.82) is 0 Å². The molecule has 39 heavy (non-hydrogen) atoms. The Morgan fingerprint density at radius 2 is 2.10 bits per heavy atom. The van der Waals surface area contributed by atoms with E-state index >= 15 is 0 Å². The van der Waals surface area contributed by atoms with E-state index in [1.807, 2.05) is 43.3 Å². The van der Waals surface area contributed by atoms with Crippen LogP contribution in [0.4, 0.5) is 11.4 Å². The summed E-state index contributed by atoms with van der Waals surface area (Å²) in [5, 5.41) is 8.10. The normalized spacial score (nSPS) is 15.8. The summed E-state index contributed by atoms with van der Waals surface area (Å²) in [6.45, 7) is 15.4. The molecule has 194 valence electrons. The van der Waals surface area contributed by atoms with Gasteiger partial charge in [-0.15, -0.1) is 0 Å². The summed E-state index contributed by atoms with van der Waals surface area (Å²) >= 11 is 0. The maximum absolute atomic E-state index is 13.4. The van der Waals surface area contributed by atoms with Gasteiger partial charge in [0.05, 0.1) is 29.7 Å². The molecule has 0 radical (unpaired) electrons. The molecule has 4 aromatic rings. The second kappa shape index (κ2) is 9.40. The smallest absolute Gasteiger partial charge is 0.245 e. The number of fused-ring (bicyclic) bond motifs is 1. The molecule has 9 nitrogen and oxygen atoms in total. The van der Waals surface area contributed by atoms with Crippen LogP contribution >= 0.6 is 0 Å². The fourth-order valence-corrected chi connectivity index (χ4v) is 5.69. The maximum atomic E-state index is 13.4. The van der Waals surface area contributed by atoms with Crippen LogP contribution in [-0.4, -0.2) is 51.5 Å². The van der Waals surface area contributed by atoms with E-state index in [9.17, 15) is 9.59 Å². The van der Waals surface area contributed by atoms with Crippen molar-refractivity contribution in [2.24, 2.45) is 5.41 Å². The number of carbonyl (C=O) groups is 2. The number of ether oxygens (including phenoxy) is 1. The summed E-state index contributed by atoms with van der Waals surface area (Å²) in [5.41, 5.74) is 4.68. The highest BCUT2D eigenvalue weighted by atomic mass is 16.5. The summed E-state index contributed by atoms with van der Waals surface area (Å²) < 4.78 is 6.19. The lowest BCUT2D eigenvalue weighted by molar-refractivity contribution is -0.138. The molecule has 2 aromatic heterocycles. The first-order valence-electron chi connectivity index (χ1n) is 12.6. The second-order valence-corrected chi connectivity index (χ2v) is 10.2. The van der Waals surface area contributed by atoms with E-state index in [2.05, 4.69) is 26.6 Å². The molecule has 2 aromatic carbocycles. The molecule has 4 heterocycles. The van der Waals surface area contributed by atoms with E-state index in [1.165, 1.54) is 6.08 Å². The lowest BCUT2D eigenvalue weighted by atomic mass is 9.79. The molecule has 2 fully saturated rings. The molecule has 1 N–H and O–H groups in total. The minimum absolute atomic E-state index is 0.0725. The molecular weight excluding hydrogens is 492 g/mol. The molecule has 2 aliphatic heterocycles. The fraction of sp³-hybridized carbons (Fsp3) is 0.233. The van der Waals surface area contributed by atoms with Crippen LogP contribution in [0, 0.1) is 18.9 Å². The molecule has 2 amide bonds. The van der Waals surface area contributed by atoms with Gasteiger partial charge in [-0.2, -0.15) is 5.10 Å². The number of H-pyrrole nitrogens is 1. The minimum Gasteiger partial charge on any atom is -0.487 e. The third kappa shape index (κ3) is 4.20. The van der Waals surface area contributed by atoms with Crippen molar-refractivity contribution in [1.82, 2.24) is 20.1 Å². The van der Waals surface area contributed by atoms with Gasteiger partial charge in [-0.25, -0.2) is 4.85 Å². The number of hydrogen-bond acceptors (Lipinski definition) is 5. The van der Waals surface area contributed by atoms with Crippen LogP contribution < -0.4 is 9.64 Å². The van der Waals surface area contributed by atoms with Gasteiger partial charge in [0.25, 0.3) is 0 Å². The molecule has 0 unspecified atom stereocenters. The van der Waals surface area contributed by atoms with Crippen molar-refractivity contribution in [2.75, 3.05) is 24.5 Å². The number of anilines is 1. The van der Waals surface area contributed by atoms with E-state index in [0.29, 0.717) is 48.7 Å². The van der Waals surface area contributed by atoms with E-state index in [-0.39, 0.29) is 23.8 Å². The number of aryl methyl sites for hydroxylation is 1. The van der Waals surface area contributed by atoms with Gasteiger partial charge in [0.1, 0.15) is 12.4 Å². The van der Waals surface area contributed by atoms with Crippen molar-refractivity contribution in [3.63, 3.8) is 0 Å². The van der Waals surface area contributed by atoms with Gasteiger partial charge < -0.3 is 14.5 Å². The van der Waals surface area contributed by atoms with Crippen molar-refractivity contribution >= 4 is 34.1 Å². The fourth-order valence-electron chi connectivity index (χ4n) is 5.69. The van der Waals surface area contributed by atoms with E-state index in [4.69, 9.17) is 11.3 Å². The van der Waals surface area contributed by atoms with E-state index < -0.39 is 0 Å². The predicted octanol–water partition coefficient (Wildman–Crippen LogP) is 4.81. The highest BCUT2D eigenvalue weighted by molar-refractivity contribution is 6.07. The molecule has 2 aliphatic rings. The zero-order chi connectivity index (χ0) is 27.1. The van der Waals surface area contributed by atoms with Crippen LogP contribution in [0.2, 0.25) is 0 Å². The van der Waals surface area contributed by atoms with Crippen molar-refractivity contribution in [2.45, 2.75) is 20.0 Å². The van der Waals surface area contributed by atoms with Crippen molar-refractivity contribution in [3.05, 3.63) is 90.2 Å². The Kier molecular flexibility index (Phi) is 5.88. The molecule has 0 aliphatic carbocycles. The SMILES string of the molecule is [C-]#[N+]c1c(-c2c(C)ccc3[nH]ncc23)cc(OCc2ccccn2)cc1N1CC2(CC1=O)CN(C(=O)C=C)C2. The average Bonchev–Trinajstić information content (AvgIpc) is 3.55. The van der Waals surface area contributed by atoms with Crippen molar-refractivity contribution in [3.8, 4) is 16.9 Å². The number of benzene rings is 2. The number of pyridine rings is 1. The molecule has 0 bridgehead atoms. The first kappa shape index (κ1) is 24.4. The van der Waals surface area contributed by atoms with E-state index in [1.54, 1.807) is 28.3 Å². The third-order valence-corrected chi connectivity index (χ3v) is 7.54. The first-order chi connectivity index (χ1) is 18.9. The van der Waals surface area contributed by atoms with Gasteiger partial charge in [-0.3, -0.25) is 19.7 Å². The molecule has 9 heteroatoms. The van der Waals surface area contributed by atoms with Gasteiger partial charge in [-0.05, 0) is 60.0 Å². The Morgan fingerprint density at radius 3 is 2.85 bits per heavy atom. The Morgan fingerprint density at radius 1 is 1.26 bits per heavy atom. The summed E-state index contributed by atoms with van der Waals surface area (Å²) in [4.78, 5) is 37.1. The highest BCUT2D eigenvalue weighted by Gasteiger charge is 2.52. The van der Waals surface area contributed by atoms with Crippen molar-refractivity contribution < 1.29 is 14.3 Å². The summed E-state index contributed by atoms with van der Waals surface area (Å²) in [6.07, 6.45) is 5.08. The number of hydrogen-bond donors (Lipinski definition) is 1. The van der Waals surface area contributed by atoms with Gasteiger partial charge in [0, 0.05) is 43.1 Å². The van der Waals surface area contributed by atoms with Crippen LogP contribution in [0.3, 0.4) is 0 Å². The zero-order valence-corrected chi connectivity index (χ0v) is 21.5. The van der Waals surface area contributed by atoms with E-state index in [0.717, 1.165) is 27.7 Å². The molecule has 0 atom stereocenters. The third-order valence-electron chi connectivity index (χ3n) is 7.54. The standard InChI is InChI=1S/C30H26N6O3/c1-4-26(37)35-16-30(17-35)13-27(38)36(18-30)25-12-21(39-15-20-7-5-6-10-32-20)11-22(29(25)31-3)28-19(2)8-9-24-23(28)14-33-34-24/h4-12,14H,1,13,15-18H2,2H3,(H,33,34). The molecule has 2 saturated heterocycles. The molecule has 1 spiro atoms. The van der Waals surface area contributed by atoms with Crippen LogP contribution in [-0.2, 0) is 16.2 Å². The number of aromatic amines is 1. The quantitative estimate of drug-likeness (QED) is 0.292. The summed E-state index contributed by atoms with van der Waals surface area (Å²) in [5.74, 6) is 0.324. The second-order valence-electron chi connectivity index (χ2n) is 10.2. The van der Waals surface area contributed by atoms with Crippen LogP contribution in [0.1, 0.15) is 17.7 Å². The Balaban J connectivity index is 1.45. The van der Waals surface area contributed by atoms with Crippen LogP contribution in [0.25, 0.3) is 26.9 Å². The lowest BCUT2D eigenvalue weighted by Crippen LogP contribution is -2.59.